The Hall–Kier alpha value is -4.03. The molecule has 4 aromatic rings. The summed E-state index contributed by atoms with van der Waals surface area (Å²) in [6, 6.07) is 11.3. The molecule has 0 bridgehead atoms. The third-order valence-corrected chi connectivity index (χ3v) is 5.87. The molecule has 0 saturated heterocycles. The number of thiazole rings is 1. The number of anilines is 2. The van der Waals surface area contributed by atoms with Crippen LogP contribution in [0.1, 0.15) is 34.0 Å². The molecule has 0 spiro atoms. The first kappa shape index (κ1) is 25.1. The minimum Gasteiger partial charge on any atom is -0.396 e. The Morgan fingerprint density at radius 2 is 1.86 bits per heavy atom. The van der Waals surface area contributed by atoms with Crippen LogP contribution in [0.4, 0.5) is 24.8 Å². The van der Waals surface area contributed by atoms with Gasteiger partial charge in [0, 0.05) is 17.7 Å². The quantitative estimate of drug-likeness (QED) is 0.266. The van der Waals surface area contributed by atoms with Crippen molar-refractivity contribution in [3.8, 4) is 11.3 Å². The van der Waals surface area contributed by atoms with Crippen molar-refractivity contribution in [3.05, 3.63) is 82.4 Å². The molecule has 2 aromatic heterocycles. The Kier molecular flexibility index (Phi) is 7.46. The van der Waals surface area contributed by atoms with Crippen molar-refractivity contribution < 1.29 is 27.9 Å². The molecule has 8 nitrogen and oxygen atoms in total. The predicted octanol–water partition coefficient (Wildman–Crippen LogP) is 4.91. The molecule has 4 N–H and O–H groups in total. The van der Waals surface area contributed by atoms with Gasteiger partial charge in [0.1, 0.15) is 5.69 Å². The number of nitrogens with one attached hydrogen (secondary N) is 3. The second kappa shape index (κ2) is 10.7. The number of carbonyl (C=O) groups excluding carboxylic acids is 2. The Morgan fingerprint density at radius 1 is 1.08 bits per heavy atom. The van der Waals surface area contributed by atoms with Gasteiger partial charge in [-0.15, -0.1) is 11.3 Å². The van der Waals surface area contributed by atoms with Crippen LogP contribution >= 0.6 is 11.3 Å². The van der Waals surface area contributed by atoms with E-state index in [-0.39, 0.29) is 30.4 Å². The topological polar surface area (TPSA) is 120 Å². The van der Waals surface area contributed by atoms with Gasteiger partial charge in [-0.05, 0) is 35.7 Å². The van der Waals surface area contributed by atoms with Crippen LogP contribution in [-0.4, -0.2) is 38.5 Å². The summed E-state index contributed by atoms with van der Waals surface area (Å²) in [5.41, 5.74) is 3.01. The highest BCUT2D eigenvalue weighted by Crippen LogP contribution is 2.32. The molecule has 1 unspecified atom stereocenters. The molecule has 1 atom stereocenters. The molecule has 0 aliphatic rings. The van der Waals surface area contributed by atoms with E-state index < -0.39 is 23.6 Å². The van der Waals surface area contributed by atoms with Gasteiger partial charge < -0.3 is 15.4 Å². The summed E-state index contributed by atoms with van der Waals surface area (Å²) in [5.74, 6) is -1.84. The van der Waals surface area contributed by atoms with E-state index in [1.165, 1.54) is 29.7 Å². The van der Waals surface area contributed by atoms with Crippen molar-refractivity contribution in [2.24, 2.45) is 0 Å². The van der Waals surface area contributed by atoms with Crippen molar-refractivity contribution in [1.82, 2.24) is 15.0 Å². The predicted molar refractivity (Wildman–Crippen MR) is 129 cm³/mol. The second-order valence-electron chi connectivity index (χ2n) is 7.73. The van der Waals surface area contributed by atoms with Crippen molar-refractivity contribution >= 4 is 34.8 Å². The van der Waals surface area contributed by atoms with Crippen molar-refractivity contribution in [1.29, 1.82) is 0 Å². The normalized spacial score (nSPS) is 12.2. The lowest BCUT2D eigenvalue weighted by molar-refractivity contribution is -0.137. The summed E-state index contributed by atoms with van der Waals surface area (Å²) in [6.07, 6.45) is -3.12. The lowest BCUT2D eigenvalue weighted by Crippen LogP contribution is -2.23. The number of amides is 2. The van der Waals surface area contributed by atoms with E-state index in [0.717, 1.165) is 17.7 Å². The molecule has 2 heterocycles. The van der Waals surface area contributed by atoms with E-state index in [2.05, 4.69) is 25.6 Å². The van der Waals surface area contributed by atoms with E-state index in [1.54, 1.807) is 35.2 Å². The fraction of sp³-hybridized carbons (Fsp3) is 0.167. The number of aromatic nitrogens is 3. The van der Waals surface area contributed by atoms with Crippen molar-refractivity contribution in [2.45, 2.75) is 18.5 Å². The second-order valence-corrected chi connectivity index (χ2v) is 8.45. The maximum absolute atomic E-state index is 13.1. The maximum atomic E-state index is 13.1. The number of halogens is 3. The van der Waals surface area contributed by atoms with Crippen LogP contribution in [0.25, 0.3) is 11.3 Å². The number of imidazole rings is 1. The zero-order chi connectivity index (χ0) is 25.7. The van der Waals surface area contributed by atoms with E-state index in [4.69, 9.17) is 0 Å². The third kappa shape index (κ3) is 5.96. The third-order valence-electron chi connectivity index (χ3n) is 5.29. The zero-order valence-corrected chi connectivity index (χ0v) is 19.4. The molecule has 186 valence electrons. The van der Waals surface area contributed by atoms with Crippen LogP contribution in [0.15, 0.2) is 65.6 Å². The number of carbonyl (C=O) groups is 2. The van der Waals surface area contributed by atoms with Gasteiger partial charge >= 0.3 is 6.18 Å². The molecular weight excluding hydrogens is 495 g/mol. The monoisotopic (exact) mass is 515 g/mol. The summed E-state index contributed by atoms with van der Waals surface area (Å²) >= 11 is 1.32. The first-order valence-electron chi connectivity index (χ1n) is 10.7. The summed E-state index contributed by atoms with van der Waals surface area (Å²) in [4.78, 5) is 36.0. The van der Waals surface area contributed by atoms with Gasteiger partial charge in [0.25, 0.3) is 5.91 Å². The molecule has 0 fully saturated rings. The highest BCUT2D eigenvalue weighted by Gasteiger charge is 2.32. The number of aliphatic hydroxyl groups excluding tert-OH is 1. The summed E-state index contributed by atoms with van der Waals surface area (Å²) in [5, 5.41) is 16.3. The number of hydrogen-bond acceptors (Lipinski definition) is 6. The SMILES string of the molecule is O=C(Nc1ccc(-c2cnc(NC(=O)C(CCO)c3cccc(C(F)(F)F)c3)[nH]2)cc1)c1cscn1. The van der Waals surface area contributed by atoms with Gasteiger partial charge in [0.05, 0.1) is 28.9 Å². The number of H-pyrrole nitrogens is 1. The minimum absolute atomic E-state index is 0.0607. The zero-order valence-electron chi connectivity index (χ0n) is 18.5. The maximum Gasteiger partial charge on any atom is 0.416 e. The Balaban J connectivity index is 1.44. The van der Waals surface area contributed by atoms with Crippen LogP contribution in [0.2, 0.25) is 0 Å². The standard InChI is InChI=1S/C24H20F3N5O3S/c25-24(26,27)16-3-1-2-15(10-16)18(8-9-33)21(34)32-23-28-11-19(31-23)14-4-6-17(7-5-14)30-22(35)20-12-36-13-29-20/h1-7,10-13,18,33H,8-9H2,(H,30,35)(H2,28,31,32,34). The van der Waals surface area contributed by atoms with Gasteiger partial charge in [-0.3, -0.25) is 14.9 Å². The molecule has 2 amide bonds. The van der Waals surface area contributed by atoms with Gasteiger partial charge in [0.2, 0.25) is 11.9 Å². The van der Waals surface area contributed by atoms with Crippen LogP contribution in [0.3, 0.4) is 0 Å². The average Bonchev–Trinajstić information content (AvgIpc) is 3.55. The Bertz CT molecular complexity index is 1340. The van der Waals surface area contributed by atoms with Crippen LogP contribution in [-0.2, 0) is 11.0 Å². The first-order chi connectivity index (χ1) is 17.2. The molecule has 36 heavy (non-hydrogen) atoms. The number of rotatable bonds is 8. The largest absolute Gasteiger partial charge is 0.416 e. The van der Waals surface area contributed by atoms with Crippen molar-refractivity contribution in [2.75, 3.05) is 17.2 Å². The fourth-order valence-electron chi connectivity index (χ4n) is 3.50. The Labute approximate surface area is 207 Å². The van der Waals surface area contributed by atoms with Gasteiger partial charge in [-0.2, -0.15) is 13.2 Å². The van der Waals surface area contributed by atoms with E-state index in [9.17, 15) is 27.9 Å². The minimum atomic E-state index is -4.55. The molecular formula is C24H20F3N5O3S. The van der Waals surface area contributed by atoms with Gasteiger partial charge in [0.15, 0.2) is 0 Å². The summed E-state index contributed by atoms with van der Waals surface area (Å²) in [6.45, 7) is -0.386. The molecule has 0 radical (unpaired) electrons. The summed E-state index contributed by atoms with van der Waals surface area (Å²) in [7, 11) is 0. The lowest BCUT2D eigenvalue weighted by atomic mass is 9.93. The average molecular weight is 516 g/mol. The number of aliphatic hydroxyl groups is 1. The van der Waals surface area contributed by atoms with E-state index >= 15 is 0 Å². The van der Waals surface area contributed by atoms with Crippen LogP contribution in [0.5, 0.6) is 0 Å². The molecule has 0 aliphatic carbocycles. The molecule has 0 aliphatic heterocycles. The number of aromatic amines is 1. The summed E-state index contributed by atoms with van der Waals surface area (Å²) < 4.78 is 39.3. The highest BCUT2D eigenvalue weighted by atomic mass is 32.1. The number of hydrogen-bond donors (Lipinski definition) is 4. The van der Waals surface area contributed by atoms with Crippen LogP contribution in [0, 0.1) is 0 Å². The number of benzene rings is 2. The molecule has 12 heteroatoms. The molecule has 2 aromatic carbocycles. The van der Waals surface area contributed by atoms with Crippen molar-refractivity contribution in [3.63, 3.8) is 0 Å². The van der Waals surface area contributed by atoms with Gasteiger partial charge in [-0.25, -0.2) is 9.97 Å². The fourth-order valence-corrected chi connectivity index (χ4v) is 4.03. The molecule has 4 rings (SSSR count). The highest BCUT2D eigenvalue weighted by molar-refractivity contribution is 7.07. The smallest absolute Gasteiger partial charge is 0.396 e. The number of alkyl halides is 3. The van der Waals surface area contributed by atoms with E-state index in [0.29, 0.717) is 17.1 Å². The Morgan fingerprint density at radius 3 is 2.53 bits per heavy atom. The van der Waals surface area contributed by atoms with E-state index in [1.807, 2.05) is 0 Å². The lowest BCUT2D eigenvalue weighted by Gasteiger charge is -2.17. The number of nitrogens with zero attached hydrogens (tertiary/aromatic N) is 2. The molecule has 0 saturated carbocycles. The van der Waals surface area contributed by atoms with Crippen LogP contribution < -0.4 is 10.6 Å². The van der Waals surface area contributed by atoms with Gasteiger partial charge in [-0.1, -0.05) is 30.3 Å². The first-order valence-corrected chi connectivity index (χ1v) is 11.6.